The minimum Gasteiger partial charge on any atom is -0.481 e. The van der Waals surface area contributed by atoms with E-state index in [1.807, 2.05) is 12.1 Å². The molecule has 0 bridgehead atoms. The molecule has 4 rings (SSSR count). The number of carbonyl (C=O) groups is 1. The van der Waals surface area contributed by atoms with Gasteiger partial charge in [0.2, 0.25) is 0 Å². The van der Waals surface area contributed by atoms with Gasteiger partial charge in [0.15, 0.2) is 5.60 Å². The summed E-state index contributed by atoms with van der Waals surface area (Å²) in [4.78, 5) is 12.7. The molecule has 0 spiro atoms. The van der Waals surface area contributed by atoms with Gasteiger partial charge in [0.1, 0.15) is 19.1 Å². The van der Waals surface area contributed by atoms with E-state index in [9.17, 15) is 18.7 Å². The fourth-order valence-corrected chi connectivity index (χ4v) is 4.19. The Labute approximate surface area is 172 Å². The van der Waals surface area contributed by atoms with Crippen molar-refractivity contribution < 1.29 is 23.4 Å². The Morgan fingerprint density at radius 3 is 2.79 bits per heavy atom. The molecule has 0 fully saturated rings. The Balaban J connectivity index is 1.56. The second-order valence-corrected chi connectivity index (χ2v) is 8.03. The summed E-state index contributed by atoms with van der Waals surface area (Å²) in [5, 5.41) is 15.9. The molecule has 1 heterocycles. The lowest BCUT2D eigenvalue weighted by Gasteiger charge is -2.39. The highest BCUT2D eigenvalue weighted by molar-refractivity contribution is 6.30. The maximum absolute atomic E-state index is 13.6. The van der Waals surface area contributed by atoms with Crippen LogP contribution in [0.25, 0.3) is 0 Å². The zero-order valence-electron chi connectivity index (χ0n) is 15.6. The number of benzene rings is 2. The Morgan fingerprint density at radius 2 is 2.03 bits per heavy atom. The van der Waals surface area contributed by atoms with Crippen molar-refractivity contribution in [3.63, 3.8) is 0 Å². The highest BCUT2D eigenvalue weighted by atomic mass is 35.5. The van der Waals surface area contributed by atoms with E-state index in [-0.39, 0.29) is 12.2 Å². The van der Waals surface area contributed by atoms with Gasteiger partial charge in [-0.3, -0.25) is 0 Å². The lowest BCUT2D eigenvalue weighted by atomic mass is 9.88. The molecule has 0 saturated carbocycles. The average molecular weight is 423 g/mol. The van der Waals surface area contributed by atoms with Crippen molar-refractivity contribution in [1.82, 2.24) is 5.32 Å². The van der Waals surface area contributed by atoms with Gasteiger partial charge in [-0.2, -0.15) is 0 Å². The number of fused-ring (bicyclic) bond motifs is 2. The first-order valence-corrected chi connectivity index (χ1v) is 9.77. The molecule has 29 heavy (non-hydrogen) atoms. The molecule has 3 N–H and O–H groups in total. The number of aliphatic hydroxyl groups excluding tert-OH is 1. The van der Waals surface area contributed by atoms with Gasteiger partial charge in [0.25, 0.3) is 0 Å². The van der Waals surface area contributed by atoms with Gasteiger partial charge in [-0.1, -0.05) is 29.8 Å². The van der Waals surface area contributed by atoms with Crippen molar-refractivity contribution in [2.75, 3.05) is 18.7 Å². The Hall–Kier alpha value is -2.38. The molecule has 0 saturated heterocycles. The summed E-state index contributed by atoms with van der Waals surface area (Å²) in [5.41, 5.74) is 1.46. The monoisotopic (exact) mass is 422 g/mol. The summed E-state index contributed by atoms with van der Waals surface area (Å²) < 4.78 is 32.8. The maximum Gasteiger partial charge on any atom is 0.319 e. The van der Waals surface area contributed by atoms with Gasteiger partial charge in [-0.05, 0) is 35.7 Å². The molecule has 1 aliphatic heterocycles. The predicted octanol–water partition coefficient (Wildman–Crippen LogP) is 4.12. The fourth-order valence-electron chi connectivity index (χ4n) is 4.03. The predicted molar refractivity (Wildman–Crippen MR) is 106 cm³/mol. The van der Waals surface area contributed by atoms with Crippen molar-refractivity contribution in [1.29, 1.82) is 0 Å². The fraction of sp³-hybridized carbons (Fsp3) is 0.381. The van der Waals surface area contributed by atoms with E-state index in [2.05, 4.69) is 10.6 Å². The van der Waals surface area contributed by atoms with Gasteiger partial charge >= 0.3 is 6.03 Å². The van der Waals surface area contributed by atoms with Crippen molar-refractivity contribution in [2.45, 2.75) is 37.0 Å². The number of urea groups is 1. The molecule has 0 unspecified atom stereocenters. The van der Waals surface area contributed by atoms with E-state index in [1.165, 1.54) is 6.07 Å². The van der Waals surface area contributed by atoms with Crippen LogP contribution >= 0.6 is 11.6 Å². The number of halogens is 3. The molecule has 0 aromatic heterocycles. The van der Waals surface area contributed by atoms with Crippen LogP contribution in [0.15, 0.2) is 36.4 Å². The number of amides is 2. The Bertz CT molecular complexity index is 936. The molecular weight excluding hydrogens is 402 g/mol. The van der Waals surface area contributed by atoms with Gasteiger partial charge in [0.05, 0.1) is 12.1 Å². The first kappa shape index (κ1) is 19.9. The van der Waals surface area contributed by atoms with Crippen LogP contribution in [0, 0.1) is 0 Å². The van der Waals surface area contributed by atoms with Gasteiger partial charge in [-0.25, -0.2) is 13.6 Å². The van der Waals surface area contributed by atoms with E-state index in [0.717, 1.165) is 11.1 Å². The molecular formula is C21H21ClF2N2O3. The topological polar surface area (TPSA) is 70.6 Å². The first-order chi connectivity index (χ1) is 13.9. The summed E-state index contributed by atoms with van der Waals surface area (Å²) in [6.07, 6.45) is 0.513. The van der Waals surface area contributed by atoms with Crippen LogP contribution in [-0.2, 0) is 12.8 Å². The van der Waals surface area contributed by atoms with Crippen LogP contribution in [0.3, 0.4) is 0 Å². The lowest BCUT2D eigenvalue weighted by Crippen LogP contribution is -2.49. The highest BCUT2D eigenvalue weighted by Crippen LogP contribution is 2.41. The third-order valence-corrected chi connectivity index (χ3v) is 5.70. The minimum atomic E-state index is -1.66. The first-order valence-electron chi connectivity index (χ1n) is 9.40. The van der Waals surface area contributed by atoms with Gasteiger partial charge in [0, 0.05) is 29.1 Å². The third-order valence-electron chi connectivity index (χ3n) is 5.46. The number of alkyl halides is 2. The summed E-state index contributed by atoms with van der Waals surface area (Å²) in [6, 6.07) is 9.16. The van der Waals surface area contributed by atoms with Crippen molar-refractivity contribution in [3.05, 3.63) is 58.1 Å². The molecule has 2 amide bonds. The number of carbonyl (C=O) groups excluding carboxylic acids is 1. The summed E-state index contributed by atoms with van der Waals surface area (Å²) in [6.45, 7) is -2.06. The molecule has 2 atom stereocenters. The van der Waals surface area contributed by atoms with Crippen LogP contribution < -0.4 is 15.4 Å². The molecule has 2 aliphatic rings. The number of anilines is 1. The SMILES string of the molecule is O=C(Nc1cccc2c1C[C@H](O)C2)N[C@H]1CC(CF)(CF)Oc2cc(Cl)ccc21. The van der Waals surface area contributed by atoms with Crippen molar-refractivity contribution in [2.24, 2.45) is 0 Å². The number of hydrogen-bond acceptors (Lipinski definition) is 3. The van der Waals surface area contributed by atoms with E-state index in [1.54, 1.807) is 18.2 Å². The second kappa shape index (κ2) is 7.80. The zero-order valence-corrected chi connectivity index (χ0v) is 16.3. The average Bonchev–Trinajstić information content (AvgIpc) is 3.08. The van der Waals surface area contributed by atoms with E-state index in [0.29, 0.717) is 29.1 Å². The standard InChI is InChI=1S/C21H21ClF2N2O3/c22-13-4-5-15-18(9-21(10-23,11-24)29-19(15)7-13)26-20(28)25-17-3-1-2-12-6-14(27)8-16(12)17/h1-5,7,14,18,27H,6,8-11H2,(H2,25,26,28)/t14-,18+/m1/s1. The van der Waals surface area contributed by atoms with Crippen LogP contribution in [0.4, 0.5) is 19.3 Å². The normalized spacial score (nSPS) is 21.7. The molecule has 0 radical (unpaired) electrons. The highest BCUT2D eigenvalue weighted by Gasteiger charge is 2.42. The molecule has 1 aliphatic carbocycles. The minimum absolute atomic E-state index is 0.0480. The van der Waals surface area contributed by atoms with Gasteiger partial charge in [-0.15, -0.1) is 0 Å². The number of hydrogen-bond donors (Lipinski definition) is 3. The van der Waals surface area contributed by atoms with Gasteiger partial charge < -0.3 is 20.5 Å². The molecule has 154 valence electrons. The maximum atomic E-state index is 13.6. The summed E-state index contributed by atoms with van der Waals surface area (Å²) >= 11 is 6.00. The lowest BCUT2D eigenvalue weighted by molar-refractivity contribution is -0.0104. The van der Waals surface area contributed by atoms with Crippen molar-refractivity contribution in [3.8, 4) is 5.75 Å². The van der Waals surface area contributed by atoms with Crippen LogP contribution in [0.2, 0.25) is 5.02 Å². The number of aliphatic hydroxyl groups is 1. The molecule has 8 heteroatoms. The quantitative estimate of drug-likeness (QED) is 0.694. The van der Waals surface area contributed by atoms with E-state index < -0.39 is 37.1 Å². The Morgan fingerprint density at radius 1 is 1.24 bits per heavy atom. The summed E-state index contributed by atoms with van der Waals surface area (Å²) in [7, 11) is 0. The van der Waals surface area contributed by atoms with Crippen LogP contribution in [0.5, 0.6) is 5.75 Å². The van der Waals surface area contributed by atoms with E-state index in [4.69, 9.17) is 16.3 Å². The number of rotatable bonds is 4. The van der Waals surface area contributed by atoms with Crippen LogP contribution in [0.1, 0.15) is 29.2 Å². The van der Waals surface area contributed by atoms with Crippen molar-refractivity contribution >= 4 is 23.3 Å². The Kier molecular flexibility index (Phi) is 5.36. The third kappa shape index (κ3) is 3.89. The molecule has 2 aromatic carbocycles. The number of nitrogens with one attached hydrogen (secondary N) is 2. The smallest absolute Gasteiger partial charge is 0.319 e. The summed E-state index contributed by atoms with van der Waals surface area (Å²) in [5.74, 6) is 0.257. The molecule has 5 nitrogen and oxygen atoms in total. The van der Waals surface area contributed by atoms with Crippen LogP contribution in [-0.4, -0.2) is 36.2 Å². The zero-order chi connectivity index (χ0) is 20.6. The molecule has 2 aromatic rings. The largest absolute Gasteiger partial charge is 0.481 e. The number of ether oxygens (including phenoxy) is 1. The van der Waals surface area contributed by atoms with E-state index >= 15 is 0 Å². The second-order valence-electron chi connectivity index (χ2n) is 7.59.